The van der Waals surface area contributed by atoms with Crippen molar-refractivity contribution in [3.8, 4) is 0 Å². The summed E-state index contributed by atoms with van der Waals surface area (Å²) in [4.78, 5) is 12.5. The summed E-state index contributed by atoms with van der Waals surface area (Å²) in [6.45, 7) is 3.30. The van der Waals surface area contributed by atoms with Gasteiger partial charge in [0.2, 0.25) is 10.0 Å². The maximum absolute atomic E-state index is 12.3. The largest absolute Gasteiger partial charge is 0.299 e. The van der Waals surface area contributed by atoms with E-state index >= 15 is 0 Å². The van der Waals surface area contributed by atoms with Crippen LogP contribution in [0.1, 0.15) is 30.4 Å². The second-order valence-corrected chi connectivity index (χ2v) is 8.71. The van der Waals surface area contributed by atoms with E-state index in [9.17, 15) is 18.5 Å². The van der Waals surface area contributed by atoms with E-state index in [4.69, 9.17) is 0 Å². The fraction of sp³-hybridized carbons (Fsp3) is 0.400. The van der Waals surface area contributed by atoms with Crippen LogP contribution in [0.15, 0.2) is 53.4 Å². The lowest BCUT2D eigenvalue weighted by molar-refractivity contribution is -0.387. The molecule has 8 heteroatoms. The summed E-state index contributed by atoms with van der Waals surface area (Å²) in [7, 11) is -3.88. The first-order valence-electron chi connectivity index (χ1n) is 9.49. The van der Waals surface area contributed by atoms with Crippen molar-refractivity contribution in [2.24, 2.45) is 0 Å². The smallest absolute Gasteiger partial charge is 0.289 e. The minimum Gasteiger partial charge on any atom is -0.299 e. The lowest BCUT2D eigenvalue weighted by atomic mass is 10.00. The van der Waals surface area contributed by atoms with Crippen LogP contribution in [0, 0.1) is 10.1 Å². The van der Waals surface area contributed by atoms with Gasteiger partial charge in [-0.05, 0) is 43.0 Å². The van der Waals surface area contributed by atoms with Crippen molar-refractivity contribution in [1.29, 1.82) is 0 Å². The molecular weight excluding hydrogens is 378 g/mol. The van der Waals surface area contributed by atoms with Crippen LogP contribution in [0.5, 0.6) is 0 Å². The molecule has 0 bridgehead atoms. The Balaban J connectivity index is 1.40. The Morgan fingerprint density at radius 1 is 1.00 bits per heavy atom. The van der Waals surface area contributed by atoms with Gasteiger partial charge in [-0.15, -0.1) is 0 Å². The molecule has 0 aromatic heterocycles. The van der Waals surface area contributed by atoms with Gasteiger partial charge in [-0.3, -0.25) is 15.0 Å². The predicted molar refractivity (Wildman–Crippen MR) is 108 cm³/mol. The summed E-state index contributed by atoms with van der Waals surface area (Å²) < 4.78 is 27.1. The molecule has 1 N–H and O–H groups in total. The Hall–Kier alpha value is -2.29. The first-order chi connectivity index (χ1) is 13.5. The van der Waals surface area contributed by atoms with Gasteiger partial charge < -0.3 is 0 Å². The van der Waals surface area contributed by atoms with Gasteiger partial charge in [-0.25, -0.2) is 13.1 Å². The van der Waals surface area contributed by atoms with Crippen LogP contribution >= 0.6 is 0 Å². The molecule has 0 saturated heterocycles. The molecule has 1 aliphatic heterocycles. The number of nitro groups is 1. The zero-order chi connectivity index (χ0) is 20.0. The highest BCUT2D eigenvalue weighted by molar-refractivity contribution is 7.89. The van der Waals surface area contributed by atoms with Crippen LogP contribution in [0.3, 0.4) is 0 Å². The van der Waals surface area contributed by atoms with Crippen molar-refractivity contribution >= 4 is 15.7 Å². The lowest BCUT2D eigenvalue weighted by Crippen LogP contribution is -2.31. The average Bonchev–Trinajstić information content (AvgIpc) is 2.70. The monoisotopic (exact) mass is 403 g/mol. The number of nitrogens with one attached hydrogen (secondary N) is 1. The number of fused-ring (bicyclic) bond motifs is 1. The number of nitrogens with zero attached hydrogens (tertiary/aromatic N) is 2. The first-order valence-corrected chi connectivity index (χ1v) is 11.0. The fourth-order valence-electron chi connectivity index (χ4n) is 3.50. The first kappa shape index (κ1) is 20.4. The van der Waals surface area contributed by atoms with Gasteiger partial charge in [-0.1, -0.05) is 42.8 Å². The molecule has 28 heavy (non-hydrogen) atoms. The fourth-order valence-corrected chi connectivity index (χ4v) is 4.75. The van der Waals surface area contributed by atoms with Gasteiger partial charge in [0, 0.05) is 25.7 Å². The molecule has 0 amide bonds. The number of hydrogen-bond acceptors (Lipinski definition) is 5. The summed E-state index contributed by atoms with van der Waals surface area (Å²) in [6, 6.07) is 13.9. The van der Waals surface area contributed by atoms with Crippen LogP contribution < -0.4 is 4.72 Å². The third-order valence-electron chi connectivity index (χ3n) is 5.00. The molecule has 0 saturated carbocycles. The van der Waals surface area contributed by atoms with Crippen molar-refractivity contribution in [1.82, 2.24) is 9.62 Å². The molecule has 2 aromatic rings. The molecule has 0 atom stereocenters. The molecule has 7 nitrogen and oxygen atoms in total. The maximum atomic E-state index is 12.3. The number of para-hydroxylation sites is 1. The summed E-state index contributed by atoms with van der Waals surface area (Å²) in [6.07, 6.45) is 3.67. The number of unbranched alkanes of at least 4 members (excludes halogenated alkanes) is 2. The van der Waals surface area contributed by atoms with E-state index in [0.717, 1.165) is 38.9 Å². The second kappa shape index (κ2) is 9.27. The van der Waals surface area contributed by atoms with Crippen molar-refractivity contribution in [2.75, 3.05) is 19.6 Å². The number of rotatable bonds is 9. The third kappa shape index (κ3) is 5.15. The maximum Gasteiger partial charge on any atom is 0.289 e. The van der Waals surface area contributed by atoms with E-state index in [2.05, 4.69) is 33.9 Å². The quantitative estimate of drug-likeness (QED) is 0.395. The molecule has 1 heterocycles. The molecule has 1 aliphatic rings. The summed E-state index contributed by atoms with van der Waals surface area (Å²) in [5.41, 5.74) is 2.43. The molecule has 2 aromatic carbocycles. The van der Waals surface area contributed by atoms with Gasteiger partial charge in [-0.2, -0.15) is 0 Å². The van der Waals surface area contributed by atoms with Crippen molar-refractivity contribution < 1.29 is 13.3 Å². The van der Waals surface area contributed by atoms with Crippen LogP contribution in [0.25, 0.3) is 0 Å². The third-order valence-corrected chi connectivity index (χ3v) is 6.51. The molecule has 0 aliphatic carbocycles. The van der Waals surface area contributed by atoms with Crippen molar-refractivity contribution in [2.45, 2.75) is 37.1 Å². The molecule has 0 fully saturated rings. The highest BCUT2D eigenvalue weighted by Gasteiger charge is 2.24. The minimum absolute atomic E-state index is 0.275. The highest BCUT2D eigenvalue weighted by atomic mass is 32.2. The summed E-state index contributed by atoms with van der Waals surface area (Å²) in [5, 5.41) is 11.0. The van der Waals surface area contributed by atoms with E-state index in [1.165, 1.54) is 35.4 Å². The van der Waals surface area contributed by atoms with Gasteiger partial charge in [0.05, 0.1) is 4.92 Å². The van der Waals surface area contributed by atoms with Crippen LogP contribution in [0.4, 0.5) is 5.69 Å². The number of sulfonamides is 1. The molecule has 3 rings (SSSR count). The summed E-state index contributed by atoms with van der Waals surface area (Å²) >= 11 is 0. The second-order valence-electron chi connectivity index (χ2n) is 6.98. The Kier molecular flexibility index (Phi) is 6.77. The Morgan fingerprint density at radius 2 is 1.71 bits per heavy atom. The van der Waals surface area contributed by atoms with Crippen molar-refractivity contribution in [3.63, 3.8) is 0 Å². The standard InChI is InChI=1S/C20H25N3O4S/c24-23(25)19-10-4-5-11-20(19)28(26,27)21-13-6-1-7-14-22-15-12-17-8-2-3-9-18(17)16-22/h2-5,8-11,21H,1,6-7,12-16H2. The topological polar surface area (TPSA) is 92.5 Å². The normalized spacial score (nSPS) is 14.6. The van der Waals surface area contributed by atoms with Gasteiger partial charge in [0.25, 0.3) is 5.69 Å². The lowest BCUT2D eigenvalue weighted by Gasteiger charge is -2.28. The molecule has 150 valence electrons. The number of benzene rings is 2. The van der Waals surface area contributed by atoms with Crippen molar-refractivity contribution in [3.05, 3.63) is 69.8 Å². The minimum atomic E-state index is -3.88. The predicted octanol–water partition coefficient (Wildman–Crippen LogP) is 3.10. The highest BCUT2D eigenvalue weighted by Crippen LogP contribution is 2.22. The van der Waals surface area contributed by atoms with Gasteiger partial charge >= 0.3 is 0 Å². The summed E-state index contributed by atoms with van der Waals surface area (Å²) in [5.74, 6) is 0. The van der Waals surface area contributed by atoms with E-state index in [1.54, 1.807) is 0 Å². The molecular formula is C20H25N3O4S. The number of nitro benzene ring substituents is 1. The van der Waals surface area contributed by atoms with Gasteiger partial charge in [0.1, 0.15) is 0 Å². The van der Waals surface area contributed by atoms with Crippen LogP contribution in [-0.4, -0.2) is 37.9 Å². The number of hydrogen-bond donors (Lipinski definition) is 1. The Bertz CT molecular complexity index is 931. The average molecular weight is 404 g/mol. The van der Waals surface area contributed by atoms with Crippen LogP contribution in [-0.2, 0) is 23.0 Å². The van der Waals surface area contributed by atoms with E-state index < -0.39 is 20.6 Å². The molecule has 0 unspecified atom stereocenters. The van der Waals surface area contributed by atoms with Gasteiger partial charge in [0.15, 0.2) is 4.90 Å². The Labute approximate surface area is 165 Å². The Morgan fingerprint density at radius 3 is 2.50 bits per heavy atom. The molecule has 0 radical (unpaired) electrons. The zero-order valence-corrected chi connectivity index (χ0v) is 16.5. The SMILES string of the molecule is O=[N+]([O-])c1ccccc1S(=O)(=O)NCCCCCN1CCc2ccccc2C1. The molecule has 0 spiro atoms. The van der Waals surface area contributed by atoms with Crippen LogP contribution in [0.2, 0.25) is 0 Å². The van der Waals surface area contributed by atoms with E-state index in [0.29, 0.717) is 6.42 Å². The van der Waals surface area contributed by atoms with E-state index in [1.807, 2.05) is 0 Å². The zero-order valence-electron chi connectivity index (χ0n) is 15.7. The van der Waals surface area contributed by atoms with E-state index in [-0.39, 0.29) is 11.4 Å².